The maximum Gasteiger partial charge on any atom is 0.284 e. The van der Waals surface area contributed by atoms with Crippen molar-refractivity contribution in [3.05, 3.63) is 47.1 Å². The number of likely N-dealkylation sites (tertiary alicyclic amines) is 1. The molecule has 4 aromatic rings. The quantitative estimate of drug-likeness (QED) is 0.531. The lowest BCUT2D eigenvalue weighted by atomic mass is 9.92. The third-order valence-corrected chi connectivity index (χ3v) is 7.00. The Balaban J connectivity index is 1.24. The molecule has 1 amide bonds. The molecule has 1 N–H and O–H groups in total. The number of anilines is 2. The molecule has 0 unspecified atom stereocenters. The Labute approximate surface area is 181 Å². The molecule has 2 fully saturated rings. The van der Waals surface area contributed by atoms with Gasteiger partial charge in [0.15, 0.2) is 16.5 Å². The highest BCUT2D eigenvalue weighted by molar-refractivity contribution is 7.20. The molecule has 2 atom stereocenters. The number of pyridine rings is 2. The molecule has 2 aliphatic heterocycles. The van der Waals surface area contributed by atoms with Crippen LogP contribution in [0.15, 0.2) is 30.6 Å². The molecule has 0 saturated carbocycles. The minimum absolute atomic E-state index is 0.230. The number of aryl methyl sites for hydroxylation is 1. The van der Waals surface area contributed by atoms with E-state index in [9.17, 15) is 9.18 Å². The lowest BCUT2D eigenvalue weighted by molar-refractivity contribution is 0.102. The van der Waals surface area contributed by atoms with E-state index >= 15 is 0 Å². The number of carbonyl (C=O) groups excluding carboxylic acids is 1. The number of aromatic nitrogens is 4. The lowest BCUT2D eigenvalue weighted by Gasteiger charge is -2.44. The van der Waals surface area contributed by atoms with Crippen molar-refractivity contribution < 1.29 is 9.18 Å². The van der Waals surface area contributed by atoms with Gasteiger partial charge in [-0.1, -0.05) is 11.3 Å². The number of likely N-dealkylation sites (N-methyl/N-ethyl adjacent to an activating group) is 1. The van der Waals surface area contributed by atoms with Crippen LogP contribution in [0, 0.1) is 18.7 Å². The van der Waals surface area contributed by atoms with Gasteiger partial charge >= 0.3 is 0 Å². The highest BCUT2D eigenvalue weighted by Gasteiger charge is 2.45. The molecular weight excluding hydrogens is 417 g/mol. The van der Waals surface area contributed by atoms with Crippen LogP contribution >= 0.6 is 11.3 Å². The van der Waals surface area contributed by atoms with Crippen LogP contribution in [-0.2, 0) is 0 Å². The first kappa shape index (κ1) is 18.6. The van der Waals surface area contributed by atoms with E-state index in [0.717, 1.165) is 30.3 Å². The predicted octanol–water partition coefficient (Wildman–Crippen LogP) is 2.79. The van der Waals surface area contributed by atoms with Crippen molar-refractivity contribution in [3.63, 3.8) is 0 Å². The van der Waals surface area contributed by atoms with Gasteiger partial charge in [0, 0.05) is 50.1 Å². The van der Waals surface area contributed by atoms with Crippen LogP contribution in [-0.4, -0.2) is 62.9 Å². The molecule has 158 valence electrons. The monoisotopic (exact) mass is 437 g/mol. The SMILES string of the molecule is Cc1cn2cc(NC(=O)c3nc4ccc(N5C[C@@H]6CN(C)C[C@@H]65)nc4s3)cc(F)c2n1. The van der Waals surface area contributed by atoms with Gasteiger partial charge in [-0.3, -0.25) is 4.79 Å². The molecule has 6 heterocycles. The Hall–Kier alpha value is -3.11. The van der Waals surface area contributed by atoms with E-state index in [-0.39, 0.29) is 11.6 Å². The maximum absolute atomic E-state index is 14.3. The van der Waals surface area contributed by atoms with E-state index in [1.54, 1.807) is 23.7 Å². The van der Waals surface area contributed by atoms with Gasteiger partial charge in [0.1, 0.15) is 16.2 Å². The molecule has 4 aromatic heterocycles. The first-order valence-corrected chi connectivity index (χ1v) is 11.0. The average Bonchev–Trinajstić information content (AvgIpc) is 3.38. The summed E-state index contributed by atoms with van der Waals surface area (Å²) in [5, 5.41) is 3.03. The zero-order chi connectivity index (χ0) is 21.3. The highest BCUT2D eigenvalue weighted by Crippen LogP contribution is 2.36. The summed E-state index contributed by atoms with van der Waals surface area (Å²) >= 11 is 1.24. The number of nitrogens with one attached hydrogen (secondary N) is 1. The van der Waals surface area contributed by atoms with Gasteiger partial charge in [0.05, 0.1) is 11.4 Å². The van der Waals surface area contributed by atoms with Crippen LogP contribution in [0.2, 0.25) is 0 Å². The summed E-state index contributed by atoms with van der Waals surface area (Å²) in [6.07, 6.45) is 3.35. The van der Waals surface area contributed by atoms with Crippen molar-refractivity contribution in [1.82, 2.24) is 24.3 Å². The minimum atomic E-state index is -0.494. The second-order valence-corrected chi connectivity index (χ2v) is 9.34. The van der Waals surface area contributed by atoms with Gasteiger partial charge in [-0.2, -0.15) is 0 Å². The molecule has 6 rings (SSSR count). The highest BCUT2D eigenvalue weighted by atomic mass is 32.1. The third-order valence-electron chi connectivity index (χ3n) is 6.03. The molecule has 0 radical (unpaired) electrons. The molecule has 0 bridgehead atoms. The third kappa shape index (κ3) is 3.05. The number of nitrogens with zero attached hydrogens (tertiary/aromatic N) is 6. The smallest absolute Gasteiger partial charge is 0.284 e. The van der Waals surface area contributed by atoms with E-state index in [4.69, 9.17) is 4.98 Å². The van der Waals surface area contributed by atoms with Gasteiger partial charge in [-0.05, 0) is 26.1 Å². The summed E-state index contributed by atoms with van der Waals surface area (Å²) in [6.45, 7) is 5.00. The van der Waals surface area contributed by atoms with E-state index in [1.807, 2.05) is 12.1 Å². The Morgan fingerprint density at radius 3 is 2.90 bits per heavy atom. The second-order valence-electron chi connectivity index (χ2n) is 8.36. The topological polar surface area (TPSA) is 78.7 Å². The number of halogens is 1. The van der Waals surface area contributed by atoms with Crippen LogP contribution < -0.4 is 10.2 Å². The van der Waals surface area contributed by atoms with Gasteiger partial charge in [0.2, 0.25) is 0 Å². The summed E-state index contributed by atoms with van der Waals surface area (Å²) in [7, 11) is 2.15. The van der Waals surface area contributed by atoms with Crippen LogP contribution in [0.1, 0.15) is 15.5 Å². The fourth-order valence-corrected chi connectivity index (χ4v) is 5.44. The summed E-state index contributed by atoms with van der Waals surface area (Å²) in [5.41, 5.74) is 1.96. The Bertz CT molecular complexity index is 1350. The van der Waals surface area contributed by atoms with Gasteiger partial charge < -0.3 is 19.5 Å². The van der Waals surface area contributed by atoms with E-state index in [2.05, 4.69) is 32.1 Å². The molecule has 8 nitrogen and oxygen atoms in total. The summed E-state index contributed by atoms with van der Waals surface area (Å²) in [4.78, 5) is 31.5. The number of rotatable bonds is 3. The molecule has 2 aliphatic rings. The van der Waals surface area contributed by atoms with E-state index in [0.29, 0.717) is 33.9 Å². The molecule has 10 heteroatoms. The first-order valence-electron chi connectivity index (χ1n) is 10.1. The normalized spacial score (nSPS) is 20.9. The average molecular weight is 438 g/mol. The number of thiazole rings is 1. The Morgan fingerprint density at radius 2 is 2.06 bits per heavy atom. The van der Waals surface area contributed by atoms with Crippen molar-refractivity contribution in [1.29, 1.82) is 0 Å². The number of hydrogen-bond donors (Lipinski definition) is 1. The molecule has 0 aromatic carbocycles. The first-order chi connectivity index (χ1) is 14.9. The Morgan fingerprint density at radius 1 is 1.19 bits per heavy atom. The molecular formula is C21H20FN7OS. The molecule has 2 saturated heterocycles. The fourth-order valence-electron chi connectivity index (χ4n) is 4.61. The van der Waals surface area contributed by atoms with Gasteiger partial charge in [-0.15, -0.1) is 0 Å². The predicted molar refractivity (Wildman–Crippen MR) is 117 cm³/mol. The minimum Gasteiger partial charge on any atom is -0.351 e. The van der Waals surface area contributed by atoms with Gasteiger partial charge in [0.25, 0.3) is 5.91 Å². The van der Waals surface area contributed by atoms with Crippen LogP contribution in [0.4, 0.5) is 15.9 Å². The van der Waals surface area contributed by atoms with Crippen LogP contribution in [0.25, 0.3) is 16.0 Å². The van der Waals surface area contributed by atoms with Crippen molar-refractivity contribution in [2.24, 2.45) is 5.92 Å². The zero-order valence-electron chi connectivity index (χ0n) is 17.0. The standard InChI is InChI=1S/C21H20FN7OS/c1-11-6-28-9-13(5-14(22)18(28)23-11)24-19(30)21-25-15-3-4-17(26-20(15)31-21)29-8-12-7-27(2)10-16(12)29/h3-6,9,12,16H,7-8,10H2,1-2H3,(H,24,30)/t12-,16-/m0/s1. The number of carbonyl (C=O) groups is 1. The van der Waals surface area contributed by atoms with Crippen LogP contribution in [0.3, 0.4) is 0 Å². The summed E-state index contributed by atoms with van der Waals surface area (Å²) < 4.78 is 15.9. The summed E-state index contributed by atoms with van der Waals surface area (Å²) in [6, 6.07) is 5.67. The number of fused-ring (bicyclic) bond motifs is 3. The Kier molecular flexibility index (Phi) is 4.03. The number of hydrogen-bond acceptors (Lipinski definition) is 7. The second kappa shape index (κ2) is 6.69. The van der Waals surface area contributed by atoms with Crippen molar-refractivity contribution in [2.45, 2.75) is 13.0 Å². The van der Waals surface area contributed by atoms with Crippen molar-refractivity contribution >= 4 is 44.7 Å². The largest absolute Gasteiger partial charge is 0.351 e. The zero-order valence-corrected chi connectivity index (χ0v) is 17.9. The summed E-state index contributed by atoms with van der Waals surface area (Å²) in [5.74, 6) is 0.762. The molecule has 0 aliphatic carbocycles. The van der Waals surface area contributed by atoms with Crippen LogP contribution in [0.5, 0.6) is 0 Å². The number of imidazole rings is 1. The van der Waals surface area contributed by atoms with Crippen molar-refractivity contribution in [2.75, 3.05) is 36.9 Å². The fraction of sp³-hybridized carbons (Fsp3) is 0.333. The maximum atomic E-state index is 14.3. The lowest BCUT2D eigenvalue weighted by Crippen LogP contribution is -2.56. The van der Waals surface area contributed by atoms with Crippen molar-refractivity contribution in [3.8, 4) is 0 Å². The molecule has 0 spiro atoms. The van der Waals surface area contributed by atoms with E-state index in [1.165, 1.54) is 17.4 Å². The molecule has 31 heavy (non-hydrogen) atoms. The number of amides is 1. The van der Waals surface area contributed by atoms with E-state index < -0.39 is 5.82 Å². The van der Waals surface area contributed by atoms with Gasteiger partial charge in [-0.25, -0.2) is 19.3 Å².